The van der Waals surface area contributed by atoms with Gasteiger partial charge in [-0.3, -0.25) is 4.72 Å². The molecule has 0 saturated carbocycles. The number of fused-ring (bicyclic) bond motifs is 1. The number of rotatable bonds is 5. The summed E-state index contributed by atoms with van der Waals surface area (Å²) >= 11 is 1.33. The lowest BCUT2D eigenvalue weighted by molar-refractivity contribution is 0.171. The fourth-order valence-corrected chi connectivity index (χ4v) is 4.83. The largest absolute Gasteiger partial charge is 0.486 e. The summed E-state index contributed by atoms with van der Waals surface area (Å²) < 4.78 is 46.4. The third kappa shape index (κ3) is 3.42. The van der Waals surface area contributed by atoms with Crippen molar-refractivity contribution in [3.05, 3.63) is 53.7 Å². The molecule has 0 aliphatic carbocycles. The van der Waals surface area contributed by atoms with Gasteiger partial charge in [0.15, 0.2) is 17.3 Å². The first kappa shape index (κ1) is 18.7. The summed E-state index contributed by atoms with van der Waals surface area (Å²) in [6.07, 6.45) is 1.57. The molecule has 3 aromatic heterocycles. The fraction of sp³-hybridized carbons (Fsp3) is 0.158. The second kappa shape index (κ2) is 7.18. The first-order valence-electron chi connectivity index (χ1n) is 8.98. The molecule has 4 heterocycles. The second-order valence-electron chi connectivity index (χ2n) is 6.49. The Labute approximate surface area is 175 Å². The van der Waals surface area contributed by atoms with Crippen LogP contribution in [-0.4, -0.2) is 36.4 Å². The molecule has 1 aliphatic heterocycles. The van der Waals surface area contributed by atoms with Crippen molar-refractivity contribution in [2.45, 2.75) is 11.8 Å². The smallest absolute Gasteiger partial charge is 0.263 e. The van der Waals surface area contributed by atoms with Gasteiger partial charge in [-0.25, -0.2) is 13.4 Å². The minimum atomic E-state index is -3.89. The topological polar surface area (TPSA) is 108 Å². The maximum Gasteiger partial charge on any atom is 0.263 e. The highest BCUT2D eigenvalue weighted by Gasteiger charge is 2.22. The second-order valence-corrected chi connectivity index (χ2v) is 9.01. The molecular weight excluding hydrogens is 428 g/mol. The molecule has 0 fully saturated rings. The van der Waals surface area contributed by atoms with E-state index in [2.05, 4.69) is 14.8 Å². The van der Waals surface area contributed by atoms with E-state index in [4.69, 9.17) is 13.9 Å². The van der Waals surface area contributed by atoms with Crippen molar-refractivity contribution in [2.75, 3.05) is 17.9 Å². The number of ether oxygens (including phenoxy) is 2. The van der Waals surface area contributed by atoms with Gasteiger partial charge in [0.1, 0.15) is 24.7 Å². The number of aromatic nitrogens is 3. The van der Waals surface area contributed by atoms with E-state index in [1.54, 1.807) is 37.5 Å². The van der Waals surface area contributed by atoms with Crippen LogP contribution in [-0.2, 0) is 10.0 Å². The summed E-state index contributed by atoms with van der Waals surface area (Å²) in [5.74, 6) is 1.83. The molecule has 0 unspecified atom stereocenters. The van der Waals surface area contributed by atoms with Gasteiger partial charge < -0.3 is 13.9 Å². The van der Waals surface area contributed by atoms with Crippen molar-refractivity contribution in [1.29, 1.82) is 0 Å². The van der Waals surface area contributed by atoms with Crippen molar-refractivity contribution in [1.82, 2.24) is 14.8 Å². The van der Waals surface area contributed by atoms with Crippen LogP contribution < -0.4 is 14.2 Å². The minimum Gasteiger partial charge on any atom is -0.486 e. The number of nitrogens with one attached hydrogen (secondary N) is 1. The van der Waals surface area contributed by atoms with E-state index in [9.17, 15) is 8.42 Å². The Hall–Kier alpha value is -3.31. The lowest BCUT2D eigenvalue weighted by Crippen LogP contribution is -2.18. The summed E-state index contributed by atoms with van der Waals surface area (Å²) in [5, 5.41) is 6.72. The van der Waals surface area contributed by atoms with Gasteiger partial charge in [0.25, 0.3) is 10.0 Å². The van der Waals surface area contributed by atoms with Gasteiger partial charge in [-0.2, -0.15) is 9.78 Å². The number of anilines is 1. The Balaban J connectivity index is 1.47. The van der Waals surface area contributed by atoms with Crippen LogP contribution in [0.2, 0.25) is 0 Å². The molecule has 1 aliphatic rings. The van der Waals surface area contributed by atoms with Gasteiger partial charge in [-0.05, 0) is 31.2 Å². The summed E-state index contributed by atoms with van der Waals surface area (Å²) in [7, 11) is -3.89. The summed E-state index contributed by atoms with van der Waals surface area (Å²) in [6, 6.07) is 9.73. The third-order valence-corrected chi connectivity index (χ3v) is 6.51. The molecule has 4 aromatic rings. The van der Waals surface area contributed by atoms with E-state index in [1.165, 1.54) is 28.2 Å². The zero-order valence-corrected chi connectivity index (χ0v) is 17.4. The fourth-order valence-electron chi connectivity index (χ4n) is 3.00. The summed E-state index contributed by atoms with van der Waals surface area (Å²) in [4.78, 5) is 4.57. The highest BCUT2D eigenvalue weighted by Crippen LogP contribution is 2.33. The maximum absolute atomic E-state index is 13.0. The average molecular weight is 444 g/mol. The van der Waals surface area contributed by atoms with Crippen molar-refractivity contribution in [2.24, 2.45) is 0 Å². The summed E-state index contributed by atoms with van der Waals surface area (Å²) in [5.41, 5.74) is 1.29. The van der Waals surface area contributed by atoms with Gasteiger partial charge in [-0.1, -0.05) is 0 Å². The van der Waals surface area contributed by atoms with E-state index in [1.807, 2.05) is 5.38 Å². The van der Waals surface area contributed by atoms with Crippen molar-refractivity contribution in [3.63, 3.8) is 0 Å². The first-order valence-corrected chi connectivity index (χ1v) is 11.3. The molecule has 0 bridgehead atoms. The molecule has 5 rings (SSSR count). The van der Waals surface area contributed by atoms with Crippen LogP contribution >= 0.6 is 11.3 Å². The number of thiazole rings is 1. The lowest BCUT2D eigenvalue weighted by Gasteiger charge is -2.19. The number of sulfonamides is 1. The van der Waals surface area contributed by atoms with Crippen molar-refractivity contribution in [3.8, 4) is 28.1 Å². The molecule has 154 valence electrons. The van der Waals surface area contributed by atoms with Crippen LogP contribution in [0.4, 0.5) is 5.82 Å². The molecular formula is C19H16N4O5S2. The van der Waals surface area contributed by atoms with Crippen LogP contribution in [0.15, 0.2) is 57.4 Å². The number of furan rings is 1. The Morgan fingerprint density at radius 2 is 1.97 bits per heavy atom. The number of nitrogens with zero attached hydrogens (tertiary/aromatic N) is 3. The Bertz CT molecular complexity index is 1310. The molecule has 30 heavy (non-hydrogen) atoms. The minimum absolute atomic E-state index is 0.0626. The standard InChI is InChI=1S/C19H16N4O5S2/c1-12-9-18(23(21-12)19-20-14(11-29-19)15-3-2-6-26-15)22-30(24,25)13-4-5-16-17(10-13)28-8-7-27-16/h2-6,9-11,22H,7-8H2,1H3. The predicted molar refractivity (Wildman–Crippen MR) is 110 cm³/mol. The van der Waals surface area contributed by atoms with Gasteiger partial charge in [-0.15, -0.1) is 11.3 Å². The van der Waals surface area contributed by atoms with Gasteiger partial charge >= 0.3 is 0 Å². The number of hydrogen-bond donors (Lipinski definition) is 1. The van der Waals surface area contributed by atoms with E-state index in [0.29, 0.717) is 47.0 Å². The molecule has 0 saturated heterocycles. The van der Waals surface area contributed by atoms with Crippen LogP contribution in [0.25, 0.3) is 16.6 Å². The van der Waals surface area contributed by atoms with Crippen LogP contribution in [0.3, 0.4) is 0 Å². The predicted octanol–water partition coefficient (Wildman–Crippen LogP) is 3.47. The average Bonchev–Trinajstić information content (AvgIpc) is 3.48. The molecule has 11 heteroatoms. The molecule has 0 radical (unpaired) electrons. The van der Waals surface area contributed by atoms with Crippen molar-refractivity contribution >= 4 is 27.2 Å². The van der Waals surface area contributed by atoms with Crippen LogP contribution in [0.5, 0.6) is 11.5 Å². The van der Waals surface area contributed by atoms with Gasteiger partial charge in [0.2, 0.25) is 5.13 Å². The van der Waals surface area contributed by atoms with E-state index in [0.717, 1.165) is 0 Å². The van der Waals surface area contributed by atoms with E-state index < -0.39 is 10.0 Å². The van der Waals surface area contributed by atoms with Gasteiger partial charge in [0, 0.05) is 17.5 Å². The highest BCUT2D eigenvalue weighted by molar-refractivity contribution is 7.92. The molecule has 9 nitrogen and oxygen atoms in total. The SMILES string of the molecule is Cc1cc(NS(=O)(=O)c2ccc3c(c2)OCCO3)n(-c2nc(-c3ccco3)cs2)n1. The Morgan fingerprint density at radius 3 is 2.77 bits per heavy atom. The molecule has 1 N–H and O–H groups in total. The van der Waals surface area contributed by atoms with Crippen LogP contribution in [0.1, 0.15) is 5.69 Å². The van der Waals surface area contributed by atoms with Crippen LogP contribution in [0, 0.1) is 6.92 Å². The molecule has 0 spiro atoms. The van der Waals surface area contributed by atoms with Crippen molar-refractivity contribution < 1.29 is 22.3 Å². The zero-order chi connectivity index (χ0) is 20.7. The number of hydrogen-bond acceptors (Lipinski definition) is 8. The maximum atomic E-state index is 13.0. The monoisotopic (exact) mass is 444 g/mol. The first-order chi connectivity index (χ1) is 14.5. The van der Waals surface area contributed by atoms with Gasteiger partial charge in [0.05, 0.1) is 16.9 Å². The lowest BCUT2D eigenvalue weighted by atomic mass is 10.3. The van der Waals surface area contributed by atoms with E-state index in [-0.39, 0.29) is 10.7 Å². The number of aryl methyl sites for hydroxylation is 1. The molecule has 0 amide bonds. The Morgan fingerprint density at radius 1 is 1.13 bits per heavy atom. The molecule has 0 atom stereocenters. The zero-order valence-electron chi connectivity index (χ0n) is 15.7. The number of benzene rings is 1. The summed E-state index contributed by atoms with van der Waals surface area (Å²) in [6.45, 7) is 2.58. The highest BCUT2D eigenvalue weighted by atomic mass is 32.2. The third-order valence-electron chi connectivity index (χ3n) is 4.34. The quantitative estimate of drug-likeness (QED) is 0.502. The molecule has 1 aromatic carbocycles. The normalized spacial score (nSPS) is 13.4. The van der Waals surface area contributed by atoms with E-state index >= 15 is 0 Å². The Kier molecular flexibility index (Phi) is 4.48.